The fourth-order valence-corrected chi connectivity index (χ4v) is 5.28. The first-order valence-electron chi connectivity index (χ1n) is 11.8. The Balaban J connectivity index is 1.51. The van der Waals surface area contributed by atoms with Gasteiger partial charge in [0.1, 0.15) is 0 Å². The minimum atomic E-state index is -0.892. The summed E-state index contributed by atoms with van der Waals surface area (Å²) in [6.45, 7) is 3.12. The summed E-state index contributed by atoms with van der Waals surface area (Å²) >= 11 is 0. The molecular weight excluding hydrogens is 404 g/mol. The zero-order valence-corrected chi connectivity index (χ0v) is 18.4. The van der Waals surface area contributed by atoms with Crippen molar-refractivity contribution in [3.63, 3.8) is 0 Å². The molecule has 0 aliphatic carbocycles. The minimum absolute atomic E-state index is 0.156. The van der Waals surface area contributed by atoms with Crippen LogP contribution in [-0.4, -0.2) is 56.4 Å². The van der Waals surface area contributed by atoms with E-state index in [1.54, 1.807) is 0 Å². The molecule has 0 radical (unpaired) electrons. The van der Waals surface area contributed by atoms with Gasteiger partial charge in [0.25, 0.3) is 0 Å². The molecule has 2 aromatic carbocycles. The SMILES string of the molecule is NC(CC1CO1)(CC1CO1)C(N)(c1ccccc1)c1cccc(CC2CO2)c1CC1CO1. The molecule has 4 fully saturated rings. The second kappa shape index (κ2) is 7.90. The van der Waals surface area contributed by atoms with Crippen LogP contribution in [0.2, 0.25) is 0 Å². The highest BCUT2D eigenvalue weighted by Crippen LogP contribution is 2.46. The second-order valence-corrected chi connectivity index (χ2v) is 9.91. The molecule has 0 spiro atoms. The summed E-state index contributed by atoms with van der Waals surface area (Å²) in [5.41, 5.74) is 18.0. The zero-order chi connectivity index (χ0) is 21.8. The van der Waals surface area contributed by atoms with Gasteiger partial charge in [0.15, 0.2) is 0 Å². The van der Waals surface area contributed by atoms with Crippen LogP contribution in [0, 0.1) is 0 Å². The van der Waals surface area contributed by atoms with Crippen molar-refractivity contribution in [1.29, 1.82) is 0 Å². The lowest BCUT2D eigenvalue weighted by Gasteiger charge is -2.48. The predicted molar refractivity (Wildman–Crippen MR) is 120 cm³/mol. The predicted octanol–water partition coefficient (Wildman–Crippen LogP) is 2.05. The molecule has 0 amide bonds. The van der Waals surface area contributed by atoms with Gasteiger partial charge in [-0.2, -0.15) is 0 Å². The molecule has 32 heavy (non-hydrogen) atoms. The van der Waals surface area contributed by atoms with E-state index < -0.39 is 11.1 Å². The molecule has 0 saturated carbocycles. The first kappa shape index (κ1) is 20.8. The summed E-state index contributed by atoms with van der Waals surface area (Å²) in [5, 5.41) is 0. The standard InChI is InChI=1S/C26H32N2O4/c27-25(11-21-15-31-21,12-22-16-32-22)26(28,18-6-2-1-3-7-18)24-8-4-5-17(9-19-13-29-19)23(24)10-20-14-30-20/h1-8,19-22H,9-16,27-28H2. The average Bonchev–Trinajstić information content (AvgIpc) is 3.62. The van der Waals surface area contributed by atoms with Crippen molar-refractivity contribution in [2.24, 2.45) is 11.5 Å². The molecule has 6 heteroatoms. The molecule has 0 aromatic heterocycles. The van der Waals surface area contributed by atoms with Crippen molar-refractivity contribution in [3.8, 4) is 0 Å². The van der Waals surface area contributed by atoms with E-state index in [0.717, 1.165) is 50.4 Å². The Morgan fingerprint density at radius 3 is 1.81 bits per heavy atom. The van der Waals surface area contributed by atoms with Crippen molar-refractivity contribution in [1.82, 2.24) is 0 Å². The topological polar surface area (TPSA) is 102 Å². The number of hydrogen-bond donors (Lipinski definition) is 2. The van der Waals surface area contributed by atoms with Crippen molar-refractivity contribution in [2.75, 3.05) is 26.4 Å². The Hall–Kier alpha value is -1.80. The van der Waals surface area contributed by atoms with E-state index in [2.05, 4.69) is 30.3 Å². The summed E-state index contributed by atoms with van der Waals surface area (Å²) in [6.07, 6.45) is 4.01. The third-order valence-electron chi connectivity index (χ3n) is 7.39. The van der Waals surface area contributed by atoms with Crippen LogP contribution in [0.4, 0.5) is 0 Å². The minimum Gasteiger partial charge on any atom is -0.373 e. The number of benzene rings is 2. The van der Waals surface area contributed by atoms with Crippen LogP contribution in [0.1, 0.15) is 35.1 Å². The molecule has 4 N–H and O–H groups in total. The Bertz CT molecular complexity index is 953. The normalized spacial score (nSPS) is 31.4. The van der Waals surface area contributed by atoms with E-state index in [9.17, 15) is 0 Å². The third kappa shape index (κ3) is 4.12. The van der Waals surface area contributed by atoms with Gasteiger partial charge in [-0.3, -0.25) is 0 Å². The highest BCUT2D eigenvalue weighted by atomic mass is 16.6. The van der Waals surface area contributed by atoms with Gasteiger partial charge in [-0.05, 0) is 35.1 Å². The quantitative estimate of drug-likeness (QED) is 0.523. The van der Waals surface area contributed by atoms with Gasteiger partial charge in [0.05, 0.1) is 56.4 Å². The van der Waals surface area contributed by atoms with Gasteiger partial charge in [-0.15, -0.1) is 0 Å². The van der Waals surface area contributed by atoms with Gasteiger partial charge in [-0.25, -0.2) is 0 Å². The highest BCUT2D eigenvalue weighted by molar-refractivity contribution is 5.50. The number of ether oxygens (including phenoxy) is 4. The van der Waals surface area contributed by atoms with E-state index >= 15 is 0 Å². The lowest BCUT2D eigenvalue weighted by molar-refractivity contribution is 0.186. The highest BCUT2D eigenvalue weighted by Gasteiger charge is 2.54. The molecule has 5 atom stereocenters. The van der Waals surface area contributed by atoms with Gasteiger partial charge >= 0.3 is 0 Å². The van der Waals surface area contributed by atoms with Gasteiger partial charge < -0.3 is 30.4 Å². The lowest BCUT2D eigenvalue weighted by atomic mass is 9.63. The molecule has 2 aromatic rings. The number of epoxide rings is 4. The van der Waals surface area contributed by atoms with Crippen molar-refractivity contribution < 1.29 is 18.9 Å². The molecule has 4 aliphatic heterocycles. The van der Waals surface area contributed by atoms with Crippen LogP contribution in [0.25, 0.3) is 0 Å². The molecule has 0 bridgehead atoms. The average molecular weight is 437 g/mol. The monoisotopic (exact) mass is 436 g/mol. The van der Waals surface area contributed by atoms with Crippen molar-refractivity contribution in [3.05, 3.63) is 70.8 Å². The van der Waals surface area contributed by atoms with Gasteiger partial charge in [-0.1, -0.05) is 48.5 Å². The molecule has 6 nitrogen and oxygen atoms in total. The van der Waals surface area contributed by atoms with E-state index in [0.29, 0.717) is 18.9 Å². The van der Waals surface area contributed by atoms with Crippen LogP contribution in [0.5, 0.6) is 0 Å². The van der Waals surface area contributed by atoms with Crippen LogP contribution >= 0.6 is 0 Å². The number of rotatable bonds is 11. The molecule has 4 heterocycles. The fraction of sp³-hybridized carbons (Fsp3) is 0.538. The van der Waals surface area contributed by atoms with Crippen LogP contribution in [0.3, 0.4) is 0 Å². The maximum atomic E-state index is 7.58. The summed E-state index contributed by atoms with van der Waals surface area (Å²) in [7, 11) is 0. The Kier molecular flexibility index (Phi) is 5.13. The molecule has 6 rings (SSSR count). The van der Waals surface area contributed by atoms with Gasteiger partial charge in [0.2, 0.25) is 0 Å². The van der Waals surface area contributed by atoms with Crippen LogP contribution < -0.4 is 11.5 Å². The maximum absolute atomic E-state index is 7.58. The number of hydrogen-bond acceptors (Lipinski definition) is 6. The summed E-state index contributed by atoms with van der Waals surface area (Å²) in [4.78, 5) is 0. The molecule has 4 saturated heterocycles. The van der Waals surface area contributed by atoms with Crippen molar-refractivity contribution in [2.45, 2.75) is 61.2 Å². The smallest absolute Gasteiger partial charge is 0.0853 e. The van der Waals surface area contributed by atoms with E-state index in [1.807, 2.05) is 18.2 Å². The molecule has 5 unspecified atom stereocenters. The van der Waals surface area contributed by atoms with E-state index in [1.165, 1.54) is 11.1 Å². The Morgan fingerprint density at radius 1 is 0.688 bits per heavy atom. The van der Waals surface area contributed by atoms with E-state index in [-0.39, 0.29) is 18.3 Å². The zero-order valence-electron chi connectivity index (χ0n) is 18.4. The van der Waals surface area contributed by atoms with E-state index in [4.69, 9.17) is 30.4 Å². The third-order valence-corrected chi connectivity index (χ3v) is 7.39. The Labute approximate surface area is 189 Å². The molecule has 4 aliphatic rings. The second-order valence-electron chi connectivity index (χ2n) is 9.91. The Morgan fingerprint density at radius 2 is 1.25 bits per heavy atom. The lowest BCUT2D eigenvalue weighted by Crippen LogP contribution is -2.65. The first-order chi connectivity index (χ1) is 15.5. The van der Waals surface area contributed by atoms with Crippen LogP contribution in [0.15, 0.2) is 48.5 Å². The van der Waals surface area contributed by atoms with Crippen molar-refractivity contribution >= 4 is 0 Å². The summed E-state index contributed by atoms with van der Waals surface area (Å²) < 4.78 is 22.5. The number of nitrogens with two attached hydrogens (primary N) is 2. The molecule has 170 valence electrons. The molecular formula is C26H32N2O4. The summed E-state index contributed by atoms with van der Waals surface area (Å²) in [6, 6.07) is 16.8. The largest absolute Gasteiger partial charge is 0.373 e. The summed E-state index contributed by atoms with van der Waals surface area (Å²) in [5.74, 6) is 0. The van der Waals surface area contributed by atoms with Crippen LogP contribution in [-0.2, 0) is 37.3 Å². The maximum Gasteiger partial charge on any atom is 0.0853 e. The fourth-order valence-electron chi connectivity index (χ4n) is 5.28. The first-order valence-corrected chi connectivity index (χ1v) is 11.8. The van der Waals surface area contributed by atoms with Gasteiger partial charge in [0, 0.05) is 18.4 Å².